The summed E-state index contributed by atoms with van der Waals surface area (Å²) in [4.78, 5) is 0. The fourth-order valence-corrected chi connectivity index (χ4v) is 1.78. The van der Waals surface area contributed by atoms with Gasteiger partial charge in [0.05, 0.1) is 18.0 Å². The van der Waals surface area contributed by atoms with Crippen molar-refractivity contribution >= 4 is 0 Å². The van der Waals surface area contributed by atoms with E-state index < -0.39 is 6.10 Å². The topological polar surface area (TPSA) is 50.9 Å². The van der Waals surface area contributed by atoms with E-state index in [-0.39, 0.29) is 5.92 Å². The number of aliphatic hydroxyl groups excluding tert-OH is 1. The fourth-order valence-electron chi connectivity index (χ4n) is 1.78. The van der Waals surface area contributed by atoms with Crippen molar-refractivity contribution in [3.05, 3.63) is 11.9 Å². The molecule has 0 aliphatic carbocycles. The Morgan fingerprint density at radius 2 is 2.13 bits per heavy atom. The first-order valence-electron chi connectivity index (χ1n) is 5.77. The van der Waals surface area contributed by atoms with Gasteiger partial charge in [-0.1, -0.05) is 32.4 Å². The van der Waals surface area contributed by atoms with Crippen LogP contribution >= 0.6 is 0 Å². The minimum Gasteiger partial charge on any atom is -0.386 e. The van der Waals surface area contributed by atoms with Crippen molar-refractivity contribution in [3.63, 3.8) is 0 Å². The second kappa shape index (κ2) is 5.85. The van der Waals surface area contributed by atoms with E-state index in [2.05, 4.69) is 31.1 Å². The number of hydrogen-bond acceptors (Lipinski definition) is 3. The zero-order valence-electron chi connectivity index (χ0n) is 9.85. The van der Waals surface area contributed by atoms with Gasteiger partial charge in [0.1, 0.15) is 0 Å². The standard InChI is InChI=1S/C11H21N3O/c1-4-6-9(3)11(15)10-8-12-13-14(10)7-5-2/h8-9,11,15H,4-7H2,1-3H3. The van der Waals surface area contributed by atoms with Crippen molar-refractivity contribution in [2.45, 2.75) is 52.7 Å². The van der Waals surface area contributed by atoms with E-state index >= 15 is 0 Å². The third-order valence-electron chi connectivity index (χ3n) is 2.67. The highest BCUT2D eigenvalue weighted by molar-refractivity contribution is 5.00. The van der Waals surface area contributed by atoms with Gasteiger partial charge in [-0.25, -0.2) is 4.68 Å². The molecule has 1 aromatic heterocycles. The Morgan fingerprint density at radius 1 is 1.40 bits per heavy atom. The van der Waals surface area contributed by atoms with Crippen molar-refractivity contribution < 1.29 is 5.11 Å². The molecule has 0 bridgehead atoms. The number of nitrogens with zero attached hydrogens (tertiary/aromatic N) is 3. The second-order valence-electron chi connectivity index (χ2n) is 4.09. The van der Waals surface area contributed by atoms with Crippen LogP contribution in [0.5, 0.6) is 0 Å². The highest BCUT2D eigenvalue weighted by Crippen LogP contribution is 2.24. The molecular formula is C11H21N3O. The Morgan fingerprint density at radius 3 is 2.73 bits per heavy atom. The molecule has 0 fully saturated rings. The highest BCUT2D eigenvalue weighted by Gasteiger charge is 2.19. The summed E-state index contributed by atoms with van der Waals surface area (Å²) in [5.41, 5.74) is 0.845. The molecule has 2 unspecified atom stereocenters. The largest absolute Gasteiger partial charge is 0.386 e. The van der Waals surface area contributed by atoms with Gasteiger partial charge in [0.25, 0.3) is 0 Å². The average Bonchev–Trinajstić information content (AvgIpc) is 2.66. The molecule has 15 heavy (non-hydrogen) atoms. The minimum atomic E-state index is -0.438. The lowest BCUT2D eigenvalue weighted by Gasteiger charge is -2.18. The second-order valence-corrected chi connectivity index (χ2v) is 4.09. The summed E-state index contributed by atoms with van der Waals surface area (Å²) < 4.78 is 1.80. The monoisotopic (exact) mass is 211 g/mol. The molecule has 0 radical (unpaired) electrons. The molecule has 1 N–H and O–H groups in total. The van der Waals surface area contributed by atoms with Crippen LogP contribution in [0.3, 0.4) is 0 Å². The van der Waals surface area contributed by atoms with Gasteiger partial charge >= 0.3 is 0 Å². The summed E-state index contributed by atoms with van der Waals surface area (Å²) in [5.74, 6) is 0.268. The summed E-state index contributed by atoms with van der Waals surface area (Å²) in [6.07, 6.45) is 4.36. The third-order valence-corrected chi connectivity index (χ3v) is 2.67. The van der Waals surface area contributed by atoms with Gasteiger partial charge in [0.2, 0.25) is 0 Å². The molecule has 0 saturated carbocycles. The fraction of sp³-hybridized carbons (Fsp3) is 0.818. The van der Waals surface area contributed by atoms with Crippen LogP contribution in [-0.4, -0.2) is 20.1 Å². The zero-order valence-corrected chi connectivity index (χ0v) is 9.85. The SMILES string of the molecule is CCCC(C)C(O)c1cnnn1CCC. The molecule has 0 aliphatic rings. The van der Waals surface area contributed by atoms with Crippen molar-refractivity contribution in [1.29, 1.82) is 0 Å². The first-order chi connectivity index (χ1) is 7.20. The van der Waals surface area contributed by atoms with Gasteiger partial charge in [0, 0.05) is 6.54 Å². The van der Waals surface area contributed by atoms with Crippen LogP contribution in [-0.2, 0) is 6.54 Å². The predicted octanol–water partition coefficient (Wildman–Crippen LogP) is 2.16. The van der Waals surface area contributed by atoms with Gasteiger partial charge in [-0.3, -0.25) is 0 Å². The van der Waals surface area contributed by atoms with Gasteiger partial charge in [-0.05, 0) is 18.8 Å². The summed E-state index contributed by atoms with van der Waals surface area (Å²) in [5, 5.41) is 17.9. The first kappa shape index (κ1) is 12.2. The summed E-state index contributed by atoms with van der Waals surface area (Å²) in [6.45, 7) is 7.11. The summed E-state index contributed by atoms with van der Waals surface area (Å²) >= 11 is 0. The number of hydrogen-bond donors (Lipinski definition) is 1. The molecule has 0 aliphatic heterocycles. The maximum absolute atomic E-state index is 10.1. The highest BCUT2D eigenvalue weighted by atomic mass is 16.3. The number of rotatable bonds is 6. The van der Waals surface area contributed by atoms with Crippen LogP contribution in [0.2, 0.25) is 0 Å². The lowest BCUT2D eigenvalue weighted by atomic mass is 9.97. The van der Waals surface area contributed by atoms with Crippen molar-refractivity contribution in [3.8, 4) is 0 Å². The van der Waals surface area contributed by atoms with E-state index in [0.29, 0.717) is 0 Å². The molecular weight excluding hydrogens is 190 g/mol. The molecule has 1 rings (SSSR count). The Labute approximate surface area is 91.3 Å². The molecule has 4 nitrogen and oxygen atoms in total. The lowest BCUT2D eigenvalue weighted by molar-refractivity contribution is 0.103. The smallest absolute Gasteiger partial charge is 0.0998 e. The average molecular weight is 211 g/mol. The quantitative estimate of drug-likeness (QED) is 0.784. The first-order valence-corrected chi connectivity index (χ1v) is 5.77. The number of aliphatic hydroxyl groups is 1. The van der Waals surface area contributed by atoms with Crippen molar-refractivity contribution in [1.82, 2.24) is 15.0 Å². The third kappa shape index (κ3) is 3.02. The van der Waals surface area contributed by atoms with Crippen LogP contribution in [0, 0.1) is 5.92 Å². The van der Waals surface area contributed by atoms with Crippen molar-refractivity contribution in [2.75, 3.05) is 0 Å². The normalized spacial score (nSPS) is 15.2. The maximum Gasteiger partial charge on any atom is 0.0998 e. The molecule has 0 spiro atoms. The Balaban J connectivity index is 2.71. The maximum atomic E-state index is 10.1. The predicted molar refractivity (Wildman–Crippen MR) is 59.3 cm³/mol. The molecule has 86 valence electrons. The molecule has 1 aromatic rings. The van der Waals surface area contributed by atoms with E-state index in [4.69, 9.17) is 0 Å². The molecule has 2 atom stereocenters. The van der Waals surface area contributed by atoms with Crippen molar-refractivity contribution in [2.24, 2.45) is 5.92 Å². The molecule has 0 aromatic carbocycles. The minimum absolute atomic E-state index is 0.268. The number of aromatic nitrogens is 3. The molecule has 1 heterocycles. The van der Waals surface area contributed by atoms with Gasteiger partial charge in [-0.2, -0.15) is 0 Å². The van der Waals surface area contributed by atoms with E-state index in [1.807, 2.05) is 0 Å². The lowest BCUT2D eigenvalue weighted by Crippen LogP contribution is -2.15. The van der Waals surface area contributed by atoms with Crippen LogP contribution in [0.4, 0.5) is 0 Å². The van der Waals surface area contributed by atoms with E-state index in [0.717, 1.165) is 31.5 Å². The Kier molecular flexibility index (Phi) is 4.75. The van der Waals surface area contributed by atoms with Gasteiger partial charge in [-0.15, -0.1) is 5.10 Å². The Bertz CT molecular complexity index is 285. The van der Waals surface area contributed by atoms with Crippen LogP contribution in [0.25, 0.3) is 0 Å². The van der Waals surface area contributed by atoms with Crippen LogP contribution in [0.1, 0.15) is 51.8 Å². The Hall–Kier alpha value is -0.900. The molecule has 4 heteroatoms. The van der Waals surface area contributed by atoms with Crippen LogP contribution in [0.15, 0.2) is 6.20 Å². The molecule has 0 saturated heterocycles. The van der Waals surface area contributed by atoms with E-state index in [9.17, 15) is 5.11 Å². The van der Waals surface area contributed by atoms with E-state index in [1.54, 1.807) is 10.9 Å². The number of aryl methyl sites for hydroxylation is 1. The summed E-state index contributed by atoms with van der Waals surface area (Å²) in [7, 11) is 0. The zero-order chi connectivity index (χ0) is 11.3. The van der Waals surface area contributed by atoms with Crippen LogP contribution < -0.4 is 0 Å². The van der Waals surface area contributed by atoms with E-state index in [1.165, 1.54) is 0 Å². The van der Waals surface area contributed by atoms with Gasteiger partial charge in [0.15, 0.2) is 0 Å². The van der Waals surface area contributed by atoms with Gasteiger partial charge < -0.3 is 5.11 Å². The summed E-state index contributed by atoms with van der Waals surface area (Å²) in [6, 6.07) is 0. The molecule has 0 amide bonds.